The fraction of sp³-hybridized carbons (Fsp3) is 0.632. The number of benzene rings is 1. The number of hydrogen-bond acceptors (Lipinski definition) is 3. The summed E-state index contributed by atoms with van der Waals surface area (Å²) in [7, 11) is 1.81. The fourth-order valence-corrected chi connectivity index (χ4v) is 2.34. The van der Waals surface area contributed by atoms with E-state index in [9.17, 15) is 13.6 Å². The predicted octanol–water partition coefficient (Wildman–Crippen LogP) is 4.37. The zero-order valence-electron chi connectivity index (χ0n) is 15.3. The zero-order chi connectivity index (χ0) is 18.5. The topological polar surface area (TPSA) is 55.1 Å². The van der Waals surface area contributed by atoms with Crippen LogP contribution in [-0.4, -0.2) is 31.8 Å². The van der Waals surface area contributed by atoms with Gasteiger partial charge in [0, 0.05) is 30.0 Å². The Kier molecular flexibility index (Phi) is 12.3. The van der Waals surface area contributed by atoms with Gasteiger partial charge in [-0.3, -0.25) is 4.79 Å². The summed E-state index contributed by atoms with van der Waals surface area (Å²) in [5.74, 6) is 0.491. The molecule has 0 amide bonds. The van der Waals surface area contributed by atoms with Gasteiger partial charge in [-0.1, -0.05) is 39.0 Å². The average Bonchev–Trinajstić information content (AvgIpc) is 3.35. The van der Waals surface area contributed by atoms with Gasteiger partial charge >= 0.3 is 0 Å². The highest BCUT2D eigenvalue weighted by Gasteiger charge is 2.34. The molecule has 0 radical (unpaired) electrons. The van der Waals surface area contributed by atoms with Crippen LogP contribution in [0.3, 0.4) is 0 Å². The molecule has 3 unspecified atom stereocenters. The van der Waals surface area contributed by atoms with Crippen LogP contribution in [-0.2, 0) is 0 Å². The zero-order valence-corrected chi connectivity index (χ0v) is 15.3. The summed E-state index contributed by atoms with van der Waals surface area (Å²) >= 11 is 0. The number of alkyl halides is 2. The van der Waals surface area contributed by atoms with Crippen LogP contribution in [0.2, 0.25) is 0 Å². The molecular formula is C19H32F2N2O. The van der Waals surface area contributed by atoms with Crippen molar-refractivity contribution in [1.82, 2.24) is 5.32 Å². The molecule has 0 spiro atoms. The van der Waals surface area contributed by atoms with E-state index in [-0.39, 0.29) is 12.5 Å². The van der Waals surface area contributed by atoms with Crippen LogP contribution in [0.15, 0.2) is 24.3 Å². The SMILES string of the molecule is CC.CCC(CCC(F)F)NC.NC1CC1c1cccc(C=O)c1. The minimum atomic E-state index is -2.15. The van der Waals surface area contributed by atoms with Gasteiger partial charge in [-0.05, 0) is 37.9 Å². The van der Waals surface area contributed by atoms with Crippen LogP contribution in [0.4, 0.5) is 8.78 Å². The second kappa shape index (κ2) is 13.0. The highest BCUT2D eigenvalue weighted by atomic mass is 19.3. The van der Waals surface area contributed by atoms with E-state index in [2.05, 4.69) is 5.32 Å². The van der Waals surface area contributed by atoms with Gasteiger partial charge in [-0.2, -0.15) is 0 Å². The smallest absolute Gasteiger partial charge is 0.238 e. The van der Waals surface area contributed by atoms with Crippen molar-refractivity contribution in [2.45, 2.75) is 70.9 Å². The number of carbonyl (C=O) groups is 1. The van der Waals surface area contributed by atoms with Gasteiger partial charge in [0.05, 0.1) is 0 Å². The van der Waals surface area contributed by atoms with Gasteiger partial charge in [-0.25, -0.2) is 8.78 Å². The number of aldehydes is 1. The minimum absolute atomic E-state index is 0.0132. The molecule has 0 heterocycles. The summed E-state index contributed by atoms with van der Waals surface area (Å²) in [4.78, 5) is 10.5. The Bertz CT molecular complexity index is 451. The highest BCUT2D eigenvalue weighted by Crippen LogP contribution is 2.38. The largest absolute Gasteiger partial charge is 0.327 e. The number of carbonyl (C=O) groups excluding carboxylic acids is 1. The molecular weight excluding hydrogens is 310 g/mol. The number of halogens is 2. The van der Waals surface area contributed by atoms with E-state index in [0.29, 0.717) is 18.4 Å². The molecule has 5 heteroatoms. The monoisotopic (exact) mass is 342 g/mol. The predicted molar refractivity (Wildman–Crippen MR) is 96.9 cm³/mol. The Balaban J connectivity index is 0.000000407. The Morgan fingerprint density at radius 1 is 1.33 bits per heavy atom. The molecule has 1 aromatic rings. The van der Waals surface area contributed by atoms with Crippen LogP contribution in [0.5, 0.6) is 0 Å². The molecule has 0 bridgehead atoms. The van der Waals surface area contributed by atoms with Gasteiger partial charge in [-0.15, -0.1) is 0 Å². The van der Waals surface area contributed by atoms with Gasteiger partial charge in [0.25, 0.3) is 0 Å². The molecule has 1 saturated carbocycles. The standard InChI is InChI=1S/C10H11NO.C7H15F2N.C2H6/c11-10-5-9(10)8-3-1-2-7(4-8)6-12;1-3-6(10-2)4-5-7(8)9;1-2/h1-4,6,9-10H,5,11H2;6-7,10H,3-5H2,1-2H3;1-2H3. The van der Waals surface area contributed by atoms with E-state index in [4.69, 9.17) is 5.73 Å². The molecule has 2 rings (SSSR count). The van der Waals surface area contributed by atoms with Crippen LogP contribution >= 0.6 is 0 Å². The lowest BCUT2D eigenvalue weighted by Crippen LogP contribution is -2.24. The normalized spacial score (nSPS) is 19.5. The fourth-order valence-electron chi connectivity index (χ4n) is 2.34. The maximum atomic E-state index is 11.6. The maximum absolute atomic E-state index is 11.6. The Morgan fingerprint density at radius 2 is 1.96 bits per heavy atom. The summed E-state index contributed by atoms with van der Waals surface area (Å²) in [6, 6.07) is 8.24. The first kappa shape index (κ1) is 22.7. The second-order valence-corrected chi connectivity index (χ2v) is 5.66. The van der Waals surface area contributed by atoms with Crippen LogP contribution in [0.1, 0.15) is 68.3 Å². The van der Waals surface area contributed by atoms with Crippen LogP contribution in [0.25, 0.3) is 0 Å². The van der Waals surface area contributed by atoms with Crippen molar-refractivity contribution in [2.24, 2.45) is 5.73 Å². The lowest BCUT2D eigenvalue weighted by Gasteiger charge is -2.12. The third kappa shape index (κ3) is 9.08. The molecule has 1 aromatic carbocycles. The second-order valence-electron chi connectivity index (χ2n) is 5.66. The van der Waals surface area contributed by atoms with Crippen molar-refractivity contribution >= 4 is 6.29 Å². The van der Waals surface area contributed by atoms with E-state index in [1.54, 1.807) is 7.05 Å². The van der Waals surface area contributed by atoms with Gasteiger partial charge in [0.1, 0.15) is 6.29 Å². The van der Waals surface area contributed by atoms with Crippen LogP contribution < -0.4 is 11.1 Å². The summed E-state index contributed by atoms with van der Waals surface area (Å²) in [6.07, 6.45) is 1.29. The lowest BCUT2D eigenvalue weighted by molar-refractivity contribution is 0.112. The van der Waals surface area contributed by atoms with E-state index in [1.807, 2.05) is 45.0 Å². The number of nitrogens with one attached hydrogen (secondary N) is 1. The van der Waals surface area contributed by atoms with Crippen molar-refractivity contribution in [2.75, 3.05) is 7.05 Å². The van der Waals surface area contributed by atoms with Crippen molar-refractivity contribution in [3.05, 3.63) is 35.4 Å². The molecule has 0 aromatic heterocycles. The molecule has 1 aliphatic rings. The lowest BCUT2D eigenvalue weighted by atomic mass is 10.1. The van der Waals surface area contributed by atoms with Gasteiger partial charge in [0.2, 0.25) is 6.43 Å². The van der Waals surface area contributed by atoms with Crippen LogP contribution in [0, 0.1) is 0 Å². The summed E-state index contributed by atoms with van der Waals surface area (Å²) in [5.41, 5.74) is 7.64. The average molecular weight is 342 g/mol. The Labute approximate surface area is 145 Å². The quantitative estimate of drug-likeness (QED) is 0.724. The van der Waals surface area contributed by atoms with Crippen molar-refractivity contribution < 1.29 is 13.6 Å². The molecule has 0 aliphatic heterocycles. The number of nitrogens with two attached hydrogens (primary N) is 1. The molecule has 24 heavy (non-hydrogen) atoms. The van der Waals surface area contributed by atoms with Gasteiger partial charge in [0.15, 0.2) is 0 Å². The first-order valence-electron chi connectivity index (χ1n) is 8.77. The van der Waals surface area contributed by atoms with E-state index >= 15 is 0 Å². The van der Waals surface area contributed by atoms with E-state index in [1.165, 1.54) is 5.56 Å². The van der Waals surface area contributed by atoms with Crippen molar-refractivity contribution in [3.8, 4) is 0 Å². The molecule has 1 aliphatic carbocycles. The van der Waals surface area contributed by atoms with E-state index in [0.717, 1.165) is 24.7 Å². The third-order valence-electron chi connectivity index (χ3n) is 3.95. The number of hydrogen-bond donors (Lipinski definition) is 2. The summed E-state index contributed by atoms with van der Waals surface area (Å²) in [5, 5.41) is 2.97. The van der Waals surface area contributed by atoms with Gasteiger partial charge < -0.3 is 11.1 Å². The maximum Gasteiger partial charge on any atom is 0.238 e. The molecule has 3 atom stereocenters. The Morgan fingerprint density at radius 3 is 2.38 bits per heavy atom. The first-order valence-corrected chi connectivity index (χ1v) is 8.77. The summed E-state index contributed by atoms with van der Waals surface area (Å²) in [6.45, 7) is 5.99. The van der Waals surface area contributed by atoms with Crippen molar-refractivity contribution in [3.63, 3.8) is 0 Å². The first-order chi connectivity index (χ1) is 11.5. The molecule has 0 saturated heterocycles. The molecule has 138 valence electrons. The third-order valence-corrected chi connectivity index (χ3v) is 3.95. The molecule has 3 N–H and O–H groups in total. The Hall–Kier alpha value is -1.33. The summed E-state index contributed by atoms with van der Waals surface area (Å²) < 4.78 is 23.3. The molecule has 1 fully saturated rings. The number of rotatable bonds is 7. The highest BCUT2D eigenvalue weighted by molar-refractivity contribution is 5.75. The van der Waals surface area contributed by atoms with E-state index < -0.39 is 6.43 Å². The minimum Gasteiger partial charge on any atom is -0.327 e. The van der Waals surface area contributed by atoms with Crippen molar-refractivity contribution in [1.29, 1.82) is 0 Å². The molecule has 3 nitrogen and oxygen atoms in total.